The van der Waals surface area contributed by atoms with E-state index in [0.29, 0.717) is 22.6 Å². The van der Waals surface area contributed by atoms with Crippen LogP contribution in [0.25, 0.3) is 33.9 Å². The number of rotatable bonds is 3. The first kappa shape index (κ1) is 13.3. The Morgan fingerprint density at radius 1 is 1.00 bits per heavy atom. The number of nitro groups is 1. The number of aromatic nitrogens is 2. The van der Waals surface area contributed by atoms with E-state index < -0.39 is 4.92 Å². The second-order valence-corrected chi connectivity index (χ2v) is 5.07. The second kappa shape index (κ2) is 5.10. The van der Waals surface area contributed by atoms with Crippen LogP contribution in [0.2, 0.25) is 0 Å². The van der Waals surface area contributed by atoms with Gasteiger partial charge in [0.1, 0.15) is 5.76 Å². The third kappa shape index (κ3) is 2.36. The number of hydrogen-bond acceptors (Lipinski definition) is 4. The summed E-state index contributed by atoms with van der Waals surface area (Å²) in [6.07, 6.45) is 0. The number of hydrogen-bond donors (Lipinski definition) is 1. The summed E-state index contributed by atoms with van der Waals surface area (Å²) in [5, 5.41) is 10.8. The molecule has 1 N–H and O–H groups in total. The van der Waals surface area contributed by atoms with Crippen molar-refractivity contribution in [2.24, 2.45) is 0 Å². The number of nitrogens with one attached hydrogen (secondary N) is 1. The zero-order chi connectivity index (χ0) is 15.8. The smallest absolute Gasteiger partial charge is 0.271 e. The van der Waals surface area contributed by atoms with Crippen LogP contribution >= 0.6 is 0 Å². The van der Waals surface area contributed by atoms with E-state index in [1.54, 1.807) is 6.07 Å². The minimum Gasteiger partial charge on any atom is -0.453 e. The summed E-state index contributed by atoms with van der Waals surface area (Å²) in [4.78, 5) is 17.9. The normalized spacial score (nSPS) is 11.0. The Labute approximate surface area is 130 Å². The van der Waals surface area contributed by atoms with Gasteiger partial charge < -0.3 is 9.40 Å². The zero-order valence-electron chi connectivity index (χ0n) is 11.9. The molecule has 0 aliphatic heterocycles. The number of fused-ring (bicyclic) bond motifs is 1. The number of H-pyrrole nitrogens is 1. The van der Waals surface area contributed by atoms with Crippen molar-refractivity contribution in [3.8, 4) is 22.9 Å². The van der Waals surface area contributed by atoms with E-state index in [4.69, 9.17) is 4.42 Å². The van der Waals surface area contributed by atoms with Crippen LogP contribution in [0.4, 0.5) is 5.69 Å². The number of non-ortho nitro benzene ring substituents is 1. The van der Waals surface area contributed by atoms with Gasteiger partial charge in [0, 0.05) is 17.7 Å². The van der Waals surface area contributed by atoms with Crippen molar-refractivity contribution in [3.63, 3.8) is 0 Å². The van der Waals surface area contributed by atoms with Gasteiger partial charge in [-0.1, -0.05) is 30.3 Å². The number of aromatic amines is 1. The molecule has 0 spiro atoms. The number of nitrogens with zero attached hydrogens (tertiary/aromatic N) is 2. The number of imidazole rings is 1. The third-order valence-electron chi connectivity index (χ3n) is 3.57. The molecular weight excluding hydrogens is 294 g/mol. The Hall–Kier alpha value is -3.41. The van der Waals surface area contributed by atoms with Gasteiger partial charge in [-0.3, -0.25) is 10.1 Å². The number of nitro benzene ring substituents is 1. The highest BCUT2D eigenvalue weighted by molar-refractivity contribution is 5.81. The van der Waals surface area contributed by atoms with Crippen LogP contribution in [0.5, 0.6) is 0 Å². The van der Waals surface area contributed by atoms with Crippen LogP contribution in [-0.4, -0.2) is 14.9 Å². The molecule has 0 aliphatic rings. The standard InChI is InChI=1S/C17H11N3O3/c21-20(22)12-6-7-13-14(10-12)19-17(18-13)16-9-8-15(23-16)11-4-2-1-3-5-11/h1-10H,(H,18,19). The van der Waals surface area contributed by atoms with Crippen LogP contribution in [0.15, 0.2) is 65.1 Å². The average molecular weight is 305 g/mol. The first-order chi connectivity index (χ1) is 11.2. The summed E-state index contributed by atoms with van der Waals surface area (Å²) in [7, 11) is 0. The van der Waals surface area contributed by atoms with E-state index in [-0.39, 0.29) is 5.69 Å². The molecule has 2 aromatic heterocycles. The minimum absolute atomic E-state index is 0.0251. The lowest BCUT2D eigenvalue weighted by Crippen LogP contribution is -1.86. The van der Waals surface area contributed by atoms with Gasteiger partial charge >= 0.3 is 0 Å². The Morgan fingerprint density at radius 3 is 2.57 bits per heavy atom. The fourth-order valence-electron chi connectivity index (χ4n) is 2.45. The lowest BCUT2D eigenvalue weighted by molar-refractivity contribution is -0.384. The van der Waals surface area contributed by atoms with Crippen LogP contribution in [0.3, 0.4) is 0 Å². The fraction of sp³-hybridized carbons (Fsp3) is 0. The molecule has 4 rings (SSSR count). The number of furan rings is 1. The van der Waals surface area contributed by atoms with E-state index in [1.165, 1.54) is 12.1 Å². The Balaban J connectivity index is 1.75. The number of benzene rings is 2. The van der Waals surface area contributed by atoms with Crippen molar-refractivity contribution in [2.75, 3.05) is 0 Å². The largest absolute Gasteiger partial charge is 0.453 e. The van der Waals surface area contributed by atoms with Gasteiger partial charge in [-0.15, -0.1) is 0 Å². The molecular formula is C17H11N3O3. The van der Waals surface area contributed by atoms with Crippen molar-refractivity contribution in [3.05, 3.63) is 70.8 Å². The van der Waals surface area contributed by atoms with Gasteiger partial charge in [0.05, 0.1) is 16.0 Å². The second-order valence-electron chi connectivity index (χ2n) is 5.07. The maximum absolute atomic E-state index is 10.8. The van der Waals surface area contributed by atoms with E-state index in [1.807, 2.05) is 42.5 Å². The van der Waals surface area contributed by atoms with Crippen LogP contribution in [0.1, 0.15) is 0 Å². The van der Waals surface area contributed by atoms with Gasteiger partial charge in [0.15, 0.2) is 11.6 Å². The molecule has 2 heterocycles. The molecule has 0 amide bonds. The van der Waals surface area contributed by atoms with Crippen molar-refractivity contribution in [2.45, 2.75) is 0 Å². The Bertz CT molecular complexity index is 1000. The maximum atomic E-state index is 10.8. The highest BCUT2D eigenvalue weighted by atomic mass is 16.6. The average Bonchev–Trinajstić information content (AvgIpc) is 3.21. The van der Waals surface area contributed by atoms with Gasteiger partial charge in [-0.25, -0.2) is 4.98 Å². The molecule has 0 saturated heterocycles. The molecule has 6 nitrogen and oxygen atoms in total. The molecule has 0 bridgehead atoms. The molecule has 23 heavy (non-hydrogen) atoms. The highest BCUT2D eigenvalue weighted by Gasteiger charge is 2.13. The van der Waals surface area contributed by atoms with Crippen LogP contribution in [0, 0.1) is 10.1 Å². The van der Waals surface area contributed by atoms with Gasteiger partial charge in [-0.05, 0) is 18.2 Å². The molecule has 0 radical (unpaired) electrons. The first-order valence-corrected chi connectivity index (χ1v) is 7.00. The molecule has 2 aromatic carbocycles. The SMILES string of the molecule is O=[N+]([O-])c1ccc2nc(-c3ccc(-c4ccccc4)o3)[nH]c2c1. The zero-order valence-corrected chi connectivity index (χ0v) is 11.9. The minimum atomic E-state index is -0.430. The quantitative estimate of drug-likeness (QED) is 0.449. The lowest BCUT2D eigenvalue weighted by Gasteiger charge is -1.95. The van der Waals surface area contributed by atoms with E-state index >= 15 is 0 Å². The van der Waals surface area contributed by atoms with E-state index in [2.05, 4.69) is 9.97 Å². The Kier molecular flexibility index (Phi) is 2.94. The topological polar surface area (TPSA) is 85.0 Å². The summed E-state index contributed by atoms with van der Waals surface area (Å²) < 4.78 is 5.84. The molecule has 0 aliphatic carbocycles. The predicted octanol–water partition coefficient (Wildman–Crippen LogP) is 4.40. The molecule has 6 heteroatoms. The van der Waals surface area contributed by atoms with Crippen molar-refractivity contribution in [1.82, 2.24) is 9.97 Å². The molecule has 0 unspecified atom stereocenters. The summed E-state index contributed by atoms with van der Waals surface area (Å²) >= 11 is 0. The summed E-state index contributed by atoms with van der Waals surface area (Å²) in [6.45, 7) is 0. The summed E-state index contributed by atoms with van der Waals surface area (Å²) in [5.41, 5.74) is 2.26. The lowest BCUT2D eigenvalue weighted by atomic mass is 10.2. The van der Waals surface area contributed by atoms with Gasteiger partial charge in [-0.2, -0.15) is 0 Å². The summed E-state index contributed by atoms with van der Waals surface area (Å²) in [6, 6.07) is 18.0. The maximum Gasteiger partial charge on any atom is 0.271 e. The van der Waals surface area contributed by atoms with Crippen molar-refractivity contribution >= 4 is 16.7 Å². The molecule has 0 saturated carbocycles. The molecule has 0 atom stereocenters. The molecule has 0 fully saturated rings. The highest BCUT2D eigenvalue weighted by Crippen LogP contribution is 2.29. The first-order valence-electron chi connectivity index (χ1n) is 7.00. The van der Waals surface area contributed by atoms with Gasteiger partial charge in [0.25, 0.3) is 5.69 Å². The third-order valence-corrected chi connectivity index (χ3v) is 3.57. The monoisotopic (exact) mass is 305 g/mol. The predicted molar refractivity (Wildman–Crippen MR) is 85.9 cm³/mol. The van der Waals surface area contributed by atoms with Crippen molar-refractivity contribution < 1.29 is 9.34 Å². The van der Waals surface area contributed by atoms with Crippen LogP contribution in [-0.2, 0) is 0 Å². The fourth-order valence-corrected chi connectivity index (χ4v) is 2.45. The van der Waals surface area contributed by atoms with E-state index in [9.17, 15) is 10.1 Å². The Morgan fingerprint density at radius 2 is 1.78 bits per heavy atom. The van der Waals surface area contributed by atoms with Crippen molar-refractivity contribution in [1.29, 1.82) is 0 Å². The van der Waals surface area contributed by atoms with Gasteiger partial charge in [0.2, 0.25) is 0 Å². The van der Waals surface area contributed by atoms with Crippen LogP contribution < -0.4 is 0 Å². The molecule has 4 aromatic rings. The molecule has 112 valence electrons. The summed E-state index contributed by atoms with van der Waals surface area (Å²) in [5.74, 6) is 1.87. The van der Waals surface area contributed by atoms with E-state index in [0.717, 1.165) is 11.3 Å².